The van der Waals surface area contributed by atoms with Crippen LogP contribution in [0.3, 0.4) is 0 Å². The molecule has 1 saturated heterocycles. The van der Waals surface area contributed by atoms with Crippen LogP contribution >= 0.6 is 0 Å². The lowest BCUT2D eigenvalue weighted by atomic mass is 10.0. The Kier molecular flexibility index (Phi) is 11.0. The molecule has 152 valence electrons. The van der Waals surface area contributed by atoms with E-state index in [2.05, 4.69) is 0 Å². The van der Waals surface area contributed by atoms with Crippen LogP contribution < -0.4 is 5.11 Å². The zero-order valence-electron chi connectivity index (χ0n) is 15.9. The number of carboxylic acid groups (broad SMARTS) is 1. The third-order valence-corrected chi connectivity index (χ3v) is 4.71. The highest BCUT2D eigenvalue weighted by Crippen LogP contribution is 2.23. The van der Waals surface area contributed by atoms with E-state index in [1.165, 1.54) is 0 Å². The average molecular weight is 373 g/mol. The number of carbonyl (C=O) groups is 2. The first-order valence-electron chi connectivity index (χ1n) is 9.68. The van der Waals surface area contributed by atoms with Gasteiger partial charge in [0.05, 0.1) is 18.3 Å². The fraction of sp³-hybridized carbons (Fsp3) is 0.895. The van der Waals surface area contributed by atoms with Crippen molar-refractivity contribution < 1.29 is 34.4 Å². The Morgan fingerprint density at radius 1 is 1.12 bits per heavy atom. The Bertz CT molecular complexity index is 426. The largest absolute Gasteiger partial charge is 0.550 e. The lowest BCUT2D eigenvalue weighted by Gasteiger charge is -2.36. The van der Waals surface area contributed by atoms with E-state index in [-0.39, 0.29) is 24.4 Å². The minimum Gasteiger partial charge on any atom is -0.550 e. The van der Waals surface area contributed by atoms with Crippen molar-refractivity contribution in [3.05, 3.63) is 0 Å². The molecule has 1 fully saturated rings. The molecule has 7 nitrogen and oxygen atoms in total. The van der Waals surface area contributed by atoms with Crippen molar-refractivity contribution in [1.29, 1.82) is 0 Å². The lowest BCUT2D eigenvalue weighted by molar-refractivity contribution is -0.304. The van der Waals surface area contributed by atoms with Crippen LogP contribution in [-0.2, 0) is 19.1 Å². The maximum Gasteiger partial charge on any atom is 0.184 e. The summed E-state index contributed by atoms with van der Waals surface area (Å²) < 4.78 is 11.3. The summed E-state index contributed by atoms with van der Waals surface area (Å²) >= 11 is 0. The number of ether oxygens (including phenoxy) is 2. The van der Waals surface area contributed by atoms with Gasteiger partial charge in [0.15, 0.2) is 6.29 Å². The average Bonchev–Trinajstić information content (AvgIpc) is 2.54. The van der Waals surface area contributed by atoms with Crippen LogP contribution in [0.25, 0.3) is 0 Å². The van der Waals surface area contributed by atoms with E-state index in [0.717, 1.165) is 44.9 Å². The highest BCUT2D eigenvalue weighted by Gasteiger charge is 2.35. The Labute approximate surface area is 155 Å². The summed E-state index contributed by atoms with van der Waals surface area (Å²) in [6, 6.07) is 0. The molecule has 0 unspecified atom stereocenters. The summed E-state index contributed by atoms with van der Waals surface area (Å²) in [6.45, 7) is 3.72. The third kappa shape index (κ3) is 9.62. The minimum absolute atomic E-state index is 0.0284. The fourth-order valence-corrected chi connectivity index (χ4v) is 3.07. The number of Topliss-reactive ketones (excluding diaryl/α,β-unsaturated/α-hetero) is 1. The molecule has 0 bridgehead atoms. The molecule has 1 heterocycles. The molecule has 0 radical (unpaired) electrons. The van der Waals surface area contributed by atoms with Gasteiger partial charge in [-0.05, 0) is 26.7 Å². The first kappa shape index (κ1) is 23.0. The van der Waals surface area contributed by atoms with Crippen molar-refractivity contribution in [3.8, 4) is 0 Å². The number of rotatable bonds is 13. The van der Waals surface area contributed by atoms with Gasteiger partial charge in [0.1, 0.15) is 11.9 Å². The Morgan fingerprint density at radius 2 is 1.73 bits per heavy atom. The van der Waals surface area contributed by atoms with Crippen molar-refractivity contribution in [1.82, 2.24) is 0 Å². The number of ketones is 1. The van der Waals surface area contributed by atoms with Crippen molar-refractivity contribution in [2.45, 2.75) is 109 Å². The molecule has 0 amide bonds. The van der Waals surface area contributed by atoms with Gasteiger partial charge in [0, 0.05) is 25.2 Å². The molecular formula is C19H33O7-. The monoisotopic (exact) mass is 373 g/mol. The van der Waals surface area contributed by atoms with Crippen LogP contribution in [0.5, 0.6) is 0 Å². The molecule has 7 heteroatoms. The van der Waals surface area contributed by atoms with E-state index in [1.54, 1.807) is 6.92 Å². The van der Waals surface area contributed by atoms with E-state index >= 15 is 0 Å². The lowest BCUT2D eigenvalue weighted by Crippen LogP contribution is -2.48. The molecule has 2 N–H and O–H groups in total. The predicted molar refractivity (Wildman–Crippen MR) is 93.1 cm³/mol. The number of aliphatic hydroxyl groups excluding tert-OH is 2. The Balaban J connectivity index is 2.00. The standard InChI is InChI=1S/C19H34O7/c1-13(25-19-17(22)12-16(21)14(2)26-19)9-7-5-3-4-6-8-10-15(20)11-18(23)24/h13-14,16-17,19,21-22H,3-12H2,1-2H3,(H,23,24)/p-1/t13-,14+,16-,17-,19-/m1/s1. The van der Waals surface area contributed by atoms with Gasteiger partial charge in [-0.1, -0.05) is 32.1 Å². The van der Waals surface area contributed by atoms with Gasteiger partial charge in [-0.25, -0.2) is 0 Å². The zero-order chi connectivity index (χ0) is 19.5. The number of hydrogen-bond donors (Lipinski definition) is 2. The van der Waals surface area contributed by atoms with Gasteiger partial charge in [-0.3, -0.25) is 4.79 Å². The Morgan fingerprint density at radius 3 is 2.38 bits per heavy atom. The van der Waals surface area contributed by atoms with Crippen LogP contribution in [0.4, 0.5) is 0 Å². The van der Waals surface area contributed by atoms with Crippen molar-refractivity contribution in [2.75, 3.05) is 0 Å². The molecule has 26 heavy (non-hydrogen) atoms. The number of aliphatic hydroxyl groups is 2. The van der Waals surface area contributed by atoms with E-state index < -0.39 is 30.9 Å². The molecule has 0 aromatic carbocycles. The summed E-state index contributed by atoms with van der Waals surface area (Å²) in [7, 11) is 0. The summed E-state index contributed by atoms with van der Waals surface area (Å²) in [5.41, 5.74) is 0. The van der Waals surface area contributed by atoms with E-state index in [4.69, 9.17) is 9.47 Å². The molecule has 0 spiro atoms. The van der Waals surface area contributed by atoms with E-state index in [9.17, 15) is 24.9 Å². The van der Waals surface area contributed by atoms with Crippen LogP contribution in [0.1, 0.15) is 78.1 Å². The molecule has 1 aliphatic heterocycles. The SMILES string of the molecule is C[C@H](CCCCCCCCC(=O)CC(=O)[O-])O[C@@H]1O[C@@H](C)[C@H](O)C[C@H]1O. The molecule has 0 aromatic heterocycles. The molecule has 0 aliphatic carbocycles. The van der Waals surface area contributed by atoms with Crippen molar-refractivity contribution >= 4 is 11.8 Å². The molecule has 1 rings (SSSR count). The normalized spacial score (nSPS) is 27.2. The number of hydrogen-bond acceptors (Lipinski definition) is 7. The quantitative estimate of drug-likeness (QED) is 0.366. The van der Waals surface area contributed by atoms with Crippen molar-refractivity contribution in [3.63, 3.8) is 0 Å². The van der Waals surface area contributed by atoms with Crippen LogP contribution in [0, 0.1) is 0 Å². The predicted octanol–water partition coefficient (Wildman–Crippen LogP) is 1.08. The van der Waals surface area contributed by atoms with E-state index in [1.807, 2.05) is 6.92 Å². The highest BCUT2D eigenvalue weighted by atomic mass is 16.7. The first-order chi connectivity index (χ1) is 12.3. The summed E-state index contributed by atoms with van der Waals surface area (Å²) in [6.07, 6.45) is 4.27. The Hall–Kier alpha value is -1.02. The van der Waals surface area contributed by atoms with Crippen molar-refractivity contribution in [2.24, 2.45) is 0 Å². The molecular weight excluding hydrogens is 340 g/mol. The molecule has 0 aromatic rings. The second-order valence-electron chi connectivity index (χ2n) is 7.27. The van der Waals surface area contributed by atoms with Gasteiger partial charge < -0.3 is 29.6 Å². The van der Waals surface area contributed by atoms with Gasteiger partial charge >= 0.3 is 0 Å². The van der Waals surface area contributed by atoms with Gasteiger partial charge in [0.25, 0.3) is 0 Å². The fourth-order valence-electron chi connectivity index (χ4n) is 3.07. The minimum atomic E-state index is -1.30. The molecule has 1 aliphatic rings. The zero-order valence-corrected chi connectivity index (χ0v) is 15.9. The van der Waals surface area contributed by atoms with Gasteiger partial charge in [0.2, 0.25) is 0 Å². The van der Waals surface area contributed by atoms with Crippen LogP contribution in [0.15, 0.2) is 0 Å². The summed E-state index contributed by atoms with van der Waals surface area (Å²) in [5.74, 6) is -1.56. The molecule has 0 saturated carbocycles. The highest BCUT2D eigenvalue weighted by molar-refractivity contribution is 5.93. The topological polar surface area (TPSA) is 116 Å². The summed E-state index contributed by atoms with van der Waals surface area (Å²) in [5, 5.41) is 29.8. The van der Waals surface area contributed by atoms with Gasteiger partial charge in [-0.15, -0.1) is 0 Å². The number of unbranched alkanes of at least 4 members (excludes halogenated alkanes) is 5. The number of carboxylic acids is 1. The van der Waals surface area contributed by atoms with Gasteiger partial charge in [-0.2, -0.15) is 0 Å². The van der Waals surface area contributed by atoms with Crippen LogP contribution in [-0.4, -0.2) is 52.7 Å². The second-order valence-corrected chi connectivity index (χ2v) is 7.27. The number of aliphatic carboxylic acids is 1. The smallest absolute Gasteiger partial charge is 0.184 e. The summed E-state index contributed by atoms with van der Waals surface area (Å²) in [4.78, 5) is 21.5. The molecule has 5 atom stereocenters. The number of carbonyl (C=O) groups excluding carboxylic acids is 2. The maximum atomic E-state index is 11.2. The second kappa shape index (κ2) is 12.4. The first-order valence-corrected chi connectivity index (χ1v) is 9.68. The van der Waals surface area contributed by atoms with E-state index in [0.29, 0.717) is 6.42 Å². The third-order valence-electron chi connectivity index (χ3n) is 4.71. The van der Waals surface area contributed by atoms with Crippen LogP contribution in [0.2, 0.25) is 0 Å². The maximum absolute atomic E-state index is 11.2.